The molecule has 0 fully saturated rings. The second-order valence-corrected chi connectivity index (χ2v) is 6.68. The number of nitrogens with one attached hydrogen (secondary N) is 1. The summed E-state index contributed by atoms with van der Waals surface area (Å²) in [5.41, 5.74) is 4.81. The fourth-order valence-corrected chi connectivity index (χ4v) is 2.99. The van der Waals surface area contributed by atoms with E-state index in [1.807, 2.05) is 36.0 Å². The van der Waals surface area contributed by atoms with Gasteiger partial charge in [-0.15, -0.1) is 0 Å². The highest BCUT2D eigenvalue weighted by molar-refractivity contribution is 6.30. The van der Waals surface area contributed by atoms with Crippen molar-refractivity contribution in [3.63, 3.8) is 0 Å². The quantitative estimate of drug-likeness (QED) is 0.634. The maximum atomic E-state index is 5.96. The Morgan fingerprint density at radius 3 is 2.52 bits per heavy atom. The maximum absolute atomic E-state index is 5.96. The van der Waals surface area contributed by atoms with E-state index < -0.39 is 0 Å². The van der Waals surface area contributed by atoms with Crippen LogP contribution < -0.4 is 5.32 Å². The summed E-state index contributed by atoms with van der Waals surface area (Å²) in [4.78, 5) is 6.92. The first kappa shape index (κ1) is 19.3. The lowest BCUT2D eigenvalue weighted by Crippen LogP contribution is -2.38. The summed E-state index contributed by atoms with van der Waals surface area (Å²) in [7, 11) is 4.04. The minimum atomic E-state index is 0.737. The fraction of sp³-hybridized carbons (Fsp3) is 0.474. The van der Waals surface area contributed by atoms with E-state index in [9.17, 15) is 0 Å². The molecule has 0 saturated carbocycles. The topological polar surface area (TPSA) is 45.5 Å². The van der Waals surface area contributed by atoms with Gasteiger partial charge in [0, 0.05) is 44.4 Å². The highest BCUT2D eigenvalue weighted by atomic mass is 35.5. The average molecular weight is 362 g/mol. The number of halogens is 1. The Hall–Kier alpha value is -2.01. The van der Waals surface area contributed by atoms with E-state index in [-0.39, 0.29) is 0 Å². The lowest BCUT2D eigenvalue weighted by molar-refractivity contribution is 0.477. The SMILES string of the molecule is CCNC(=NCCc1c(C)nn(C)c1C)N(C)Cc1ccc(Cl)cc1. The molecule has 0 radical (unpaired) electrons. The lowest BCUT2D eigenvalue weighted by atomic mass is 10.1. The smallest absolute Gasteiger partial charge is 0.193 e. The van der Waals surface area contributed by atoms with Crippen LogP contribution in [0.25, 0.3) is 0 Å². The molecular weight excluding hydrogens is 334 g/mol. The van der Waals surface area contributed by atoms with Gasteiger partial charge >= 0.3 is 0 Å². The molecule has 0 aliphatic carbocycles. The van der Waals surface area contributed by atoms with Crippen molar-refractivity contribution >= 4 is 17.6 Å². The molecule has 0 aliphatic heterocycles. The van der Waals surface area contributed by atoms with Gasteiger partial charge in [-0.25, -0.2) is 0 Å². The molecule has 0 bridgehead atoms. The first-order chi connectivity index (χ1) is 11.9. The molecule has 136 valence electrons. The fourth-order valence-electron chi connectivity index (χ4n) is 2.86. The summed E-state index contributed by atoms with van der Waals surface area (Å²) in [5.74, 6) is 0.914. The van der Waals surface area contributed by atoms with Gasteiger partial charge in [0.2, 0.25) is 0 Å². The number of aliphatic imine (C=N–C) groups is 1. The average Bonchev–Trinajstić information content (AvgIpc) is 2.82. The largest absolute Gasteiger partial charge is 0.357 e. The van der Waals surface area contributed by atoms with Gasteiger partial charge in [-0.3, -0.25) is 9.67 Å². The Labute approximate surface area is 155 Å². The van der Waals surface area contributed by atoms with Crippen molar-refractivity contribution in [1.29, 1.82) is 0 Å². The Kier molecular flexibility index (Phi) is 6.88. The van der Waals surface area contributed by atoms with Crippen molar-refractivity contribution in [3.05, 3.63) is 51.8 Å². The summed E-state index contributed by atoms with van der Waals surface area (Å²) in [6.07, 6.45) is 0.898. The molecule has 0 atom stereocenters. The van der Waals surface area contributed by atoms with E-state index >= 15 is 0 Å². The van der Waals surface area contributed by atoms with Crippen molar-refractivity contribution in [3.8, 4) is 0 Å². The lowest BCUT2D eigenvalue weighted by Gasteiger charge is -2.22. The van der Waals surface area contributed by atoms with Crippen LogP contribution in [0.1, 0.15) is 29.4 Å². The van der Waals surface area contributed by atoms with Crippen LogP contribution in [0.4, 0.5) is 0 Å². The van der Waals surface area contributed by atoms with Crippen molar-refractivity contribution in [2.24, 2.45) is 12.0 Å². The van der Waals surface area contributed by atoms with Crippen LogP contribution in [-0.4, -0.2) is 40.8 Å². The molecular formula is C19H28ClN5. The number of aromatic nitrogens is 2. The molecule has 1 aromatic carbocycles. The molecule has 5 nitrogen and oxygen atoms in total. The Balaban J connectivity index is 2.02. The number of nitrogens with zero attached hydrogens (tertiary/aromatic N) is 4. The van der Waals surface area contributed by atoms with E-state index in [1.165, 1.54) is 16.8 Å². The van der Waals surface area contributed by atoms with Crippen LogP contribution in [0.3, 0.4) is 0 Å². The van der Waals surface area contributed by atoms with E-state index in [2.05, 4.69) is 43.1 Å². The molecule has 1 N–H and O–H groups in total. The summed E-state index contributed by atoms with van der Waals surface area (Å²) in [5, 5.41) is 8.60. The predicted molar refractivity (Wildman–Crippen MR) is 105 cm³/mol. The van der Waals surface area contributed by atoms with Gasteiger partial charge in [-0.2, -0.15) is 5.10 Å². The monoisotopic (exact) mass is 361 g/mol. The van der Waals surface area contributed by atoms with Gasteiger partial charge in [0.1, 0.15) is 0 Å². The van der Waals surface area contributed by atoms with Crippen molar-refractivity contribution in [2.45, 2.75) is 33.7 Å². The van der Waals surface area contributed by atoms with Gasteiger partial charge < -0.3 is 10.2 Å². The highest BCUT2D eigenvalue weighted by Gasteiger charge is 2.10. The standard InChI is InChI=1S/C19H28ClN5/c1-6-21-19(24(4)13-16-7-9-17(20)10-8-16)22-12-11-18-14(2)23-25(5)15(18)3/h7-10H,6,11-13H2,1-5H3,(H,21,22). The van der Waals surface area contributed by atoms with Crippen LogP contribution in [0.15, 0.2) is 29.3 Å². The molecule has 0 spiro atoms. The summed E-state index contributed by atoms with van der Waals surface area (Å²) < 4.78 is 1.94. The zero-order valence-corrected chi connectivity index (χ0v) is 16.6. The minimum absolute atomic E-state index is 0.737. The number of rotatable bonds is 6. The number of benzene rings is 1. The zero-order valence-electron chi connectivity index (χ0n) is 15.8. The zero-order chi connectivity index (χ0) is 18.4. The minimum Gasteiger partial charge on any atom is -0.357 e. The third-order valence-electron chi connectivity index (χ3n) is 4.31. The number of hydrogen-bond acceptors (Lipinski definition) is 2. The molecule has 1 aromatic heterocycles. The number of guanidine groups is 1. The molecule has 0 aliphatic rings. The van der Waals surface area contributed by atoms with Crippen LogP contribution in [0.2, 0.25) is 5.02 Å². The van der Waals surface area contributed by atoms with Gasteiger partial charge in [-0.05, 0) is 50.5 Å². The van der Waals surface area contributed by atoms with Crippen LogP contribution in [0.5, 0.6) is 0 Å². The Morgan fingerprint density at radius 1 is 1.28 bits per heavy atom. The van der Waals surface area contributed by atoms with Crippen molar-refractivity contribution in [2.75, 3.05) is 20.1 Å². The van der Waals surface area contributed by atoms with E-state index in [0.717, 1.165) is 42.7 Å². The van der Waals surface area contributed by atoms with Gasteiger partial charge in [0.25, 0.3) is 0 Å². The van der Waals surface area contributed by atoms with Crippen LogP contribution >= 0.6 is 11.6 Å². The number of hydrogen-bond donors (Lipinski definition) is 1. The van der Waals surface area contributed by atoms with E-state index in [1.54, 1.807) is 0 Å². The Morgan fingerprint density at radius 2 is 1.96 bits per heavy atom. The molecule has 25 heavy (non-hydrogen) atoms. The van der Waals surface area contributed by atoms with E-state index in [0.29, 0.717) is 0 Å². The summed E-state index contributed by atoms with van der Waals surface area (Å²) >= 11 is 5.96. The first-order valence-corrected chi connectivity index (χ1v) is 9.03. The third-order valence-corrected chi connectivity index (χ3v) is 4.56. The van der Waals surface area contributed by atoms with Gasteiger partial charge in [-0.1, -0.05) is 23.7 Å². The molecule has 0 amide bonds. The second kappa shape index (κ2) is 8.90. The Bertz CT molecular complexity index is 718. The maximum Gasteiger partial charge on any atom is 0.193 e. The van der Waals surface area contributed by atoms with Crippen molar-refractivity contribution < 1.29 is 0 Å². The normalized spacial score (nSPS) is 11.7. The predicted octanol–water partition coefficient (Wildman–Crippen LogP) is 3.33. The molecule has 0 unspecified atom stereocenters. The summed E-state index contributed by atoms with van der Waals surface area (Å²) in [6.45, 7) is 8.62. The van der Waals surface area contributed by atoms with Crippen LogP contribution in [0, 0.1) is 13.8 Å². The summed E-state index contributed by atoms with van der Waals surface area (Å²) in [6, 6.07) is 7.93. The molecule has 2 aromatic rings. The molecule has 6 heteroatoms. The van der Waals surface area contributed by atoms with Crippen molar-refractivity contribution in [1.82, 2.24) is 20.0 Å². The van der Waals surface area contributed by atoms with Gasteiger partial charge in [0.15, 0.2) is 5.96 Å². The molecule has 2 rings (SSSR count). The third kappa shape index (κ3) is 5.23. The second-order valence-electron chi connectivity index (χ2n) is 6.24. The number of aryl methyl sites for hydroxylation is 2. The van der Waals surface area contributed by atoms with Crippen LogP contribution in [-0.2, 0) is 20.0 Å². The van der Waals surface area contributed by atoms with E-state index in [4.69, 9.17) is 16.6 Å². The first-order valence-electron chi connectivity index (χ1n) is 8.65. The van der Waals surface area contributed by atoms with Gasteiger partial charge in [0.05, 0.1) is 5.69 Å². The molecule has 0 saturated heterocycles. The highest BCUT2D eigenvalue weighted by Crippen LogP contribution is 2.13. The molecule has 1 heterocycles.